The smallest absolute Gasteiger partial charge is 0.121 e. The van der Waals surface area contributed by atoms with Crippen molar-refractivity contribution >= 4 is 0 Å². The standard InChI is InChI=1S/C22H38O3/c1-6-20-14-13-17(3)19(5)22(20)25-21(15-23)12-8-10-16(2)9-7-11-18(4)24/h13-14,16-17,19,21,23-24H,4,6-12,15H2,1-3,5H3/p-1. The number of hydrogen-bond donors (Lipinski definition) is 1. The summed E-state index contributed by atoms with van der Waals surface area (Å²) in [6.45, 7) is 12.3. The lowest BCUT2D eigenvalue weighted by Crippen LogP contribution is -2.24. The van der Waals surface area contributed by atoms with Gasteiger partial charge in [0.1, 0.15) is 11.9 Å². The molecule has 1 aliphatic carbocycles. The highest BCUT2D eigenvalue weighted by atomic mass is 16.5. The molecule has 0 saturated carbocycles. The lowest BCUT2D eigenvalue weighted by Gasteiger charge is -2.30. The topological polar surface area (TPSA) is 52.5 Å². The molecular weight excluding hydrogens is 312 g/mol. The Morgan fingerprint density at radius 2 is 1.96 bits per heavy atom. The predicted molar refractivity (Wildman–Crippen MR) is 103 cm³/mol. The first-order valence-corrected chi connectivity index (χ1v) is 9.92. The summed E-state index contributed by atoms with van der Waals surface area (Å²) >= 11 is 0. The molecule has 1 N–H and O–H groups in total. The van der Waals surface area contributed by atoms with Crippen LogP contribution in [0.5, 0.6) is 0 Å². The second kappa shape index (κ2) is 11.4. The molecule has 0 bridgehead atoms. The fourth-order valence-corrected chi connectivity index (χ4v) is 3.38. The molecule has 1 aliphatic rings. The first-order valence-electron chi connectivity index (χ1n) is 9.92. The molecule has 4 unspecified atom stereocenters. The minimum absolute atomic E-state index is 0.0332. The van der Waals surface area contributed by atoms with Crippen molar-refractivity contribution in [3.8, 4) is 0 Å². The minimum Gasteiger partial charge on any atom is -0.876 e. The van der Waals surface area contributed by atoms with E-state index in [4.69, 9.17) is 4.74 Å². The van der Waals surface area contributed by atoms with E-state index in [1.54, 1.807) is 0 Å². The summed E-state index contributed by atoms with van der Waals surface area (Å²) in [5.74, 6) is 2.54. The van der Waals surface area contributed by atoms with Gasteiger partial charge in [0.25, 0.3) is 0 Å². The number of rotatable bonds is 12. The maximum Gasteiger partial charge on any atom is 0.121 e. The van der Waals surface area contributed by atoms with Crippen molar-refractivity contribution in [3.05, 3.63) is 35.8 Å². The van der Waals surface area contributed by atoms with Crippen LogP contribution < -0.4 is 5.11 Å². The number of aliphatic hydroxyl groups excluding tert-OH is 1. The summed E-state index contributed by atoms with van der Waals surface area (Å²) < 4.78 is 6.25. The van der Waals surface area contributed by atoms with Crippen LogP contribution in [0.4, 0.5) is 0 Å². The summed E-state index contributed by atoms with van der Waals surface area (Å²) in [5.41, 5.74) is 1.26. The highest BCUT2D eigenvalue weighted by Crippen LogP contribution is 2.33. The molecule has 3 nitrogen and oxygen atoms in total. The largest absolute Gasteiger partial charge is 0.876 e. The summed E-state index contributed by atoms with van der Waals surface area (Å²) in [6.07, 6.45) is 10.9. The average Bonchev–Trinajstić information content (AvgIpc) is 2.57. The molecule has 0 aliphatic heterocycles. The maximum atomic E-state index is 10.9. The summed E-state index contributed by atoms with van der Waals surface area (Å²) in [5, 5.41) is 20.6. The molecule has 0 aromatic rings. The molecule has 25 heavy (non-hydrogen) atoms. The Kier molecular flexibility index (Phi) is 9.96. The lowest BCUT2D eigenvalue weighted by molar-refractivity contribution is -0.306. The molecule has 0 saturated heterocycles. The number of ether oxygens (including phenoxy) is 1. The fourth-order valence-electron chi connectivity index (χ4n) is 3.38. The monoisotopic (exact) mass is 349 g/mol. The lowest BCUT2D eigenvalue weighted by atomic mass is 9.85. The average molecular weight is 350 g/mol. The van der Waals surface area contributed by atoms with Gasteiger partial charge in [-0.1, -0.05) is 59.1 Å². The van der Waals surface area contributed by atoms with Crippen molar-refractivity contribution in [3.63, 3.8) is 0 Å². The van der Waals surface area contributed by atoms with Gasteiger partial charge in [0.05, 0.1) is 6.61 Å². The predicted octanol–water partition coefficient (Wildman–Crippen LogP) is 4.72. The Labute approximate surface area is 154 Å². The molecule has 0 aromatic carbocycles. The second-order valence-corrected chi connectivity index (χ2v) is 7.64. The number of hydrogen-bond acceptors (Lipinski definition) is 3. The highest BCUT2D eigenvalue weighted by Gasteiger charge is 2.25. The molecule has 0 heterocycles. The van der Waals surface area contributed by atoms with Crippen molar-refractivity contribution < 1.29 is 14.9 Å². The van der Waals surface area contributed by atoms with E-state index in [1.807, 2.05) is 0 Å². The zero-order valence-electron chi connectivity index (χ0n) is 16.6. The van der Waals surface area contributed by atoms with Crippen LogP contribution in [0.3, 0.4) is 0 Å². The van der Waals surface area contributed by atoms with Crippen LogP contribution in [-0.4, -0.2) is 17.8 Å². The van der Waals surface area contributed by atoms with Gasteiger partial charge in [-0.3, -0.25) is 0 Å². The van der Waals surface area contributed by atoms with Crippen LogP contribution in [-0.2, 0) is 4.74 Å². The first kappa shape index (κ1) is 21.8. The Bertz CT molecular complexity index is 464. The van der Waals surface area contributed by atoms with E-state index in [1.165, 1.54) is 5.57 Å². The second-order valence-electron chi connectivity index (χ2n) is 7.64. The van der Waals surface area contributed by atoms with E-state index in [0.29, 0.717) is 24.2 Å². The molecule has 0 amide bonds. The first-order chi connectivity index (χ1) is 11.9. The van der Waals surface area contributed by atoms with Gasteiger partial charge >= 0.3 is 0 Å². The van der Waals surface area contributed by atoms with Crippen molar-refractivity contribution in [2.24, 2.45) is 17.8 Å². The maximum absolute atomic E-state index is 10.9. The zero-order chi connectivity index (χ0) is 18.8. The third-order valence-electron chi connectivity index (χ3n) is 5.37. The van der Waals surface area contributed by atoms with Gasteiger partial charge in [0.2, 0.25) is 0 Å². The van der Waals surface area contributed by atoms with Gasteiger partial charge in [-0.2, -0.15) is 0 Å². The Morgan fingerprint density at radius 3 is 2.56 bits per heavy atom. The van der Waals surface area contributed by atoms with E-state index in [2.05, 4.69) is 46.4 Å². The van der Waals surface area contributed by atoms with Crippen LogP contribution in [0.25, 0.3) is 0 Å². The van der Waals surface area contributed by atoms with Crippen LogP contribution in [0.1, 0.15) is 72.6 Å². The van der Waals surface area contributed by atoms with Gasteiger partial charge in [-0.05, 0) is 43.1 Å². The Morgan fingerprint density at radius 1 is 1.28 bits per heavy atom. The zero-order valence-corrected chi connectivity index (χ0v) is 16.6. The summed E-state index contributed by atoms with van der Waals surface area (Å²) in [6, 6.07) is 0. The van der Waals surface area contributed by atoms with Crippen LogP contribution in [0.2, 0.25) is 0 Å². The summed E-state index contributed by atoms with van der Waals surface area (Å²) in [4.78, 5) is 0. The highest BCUT2D eigenvalue weighted by molar-refractivity contribution is 5.29. The van der Waals surface area contributed by atoms with E-state index < -0.39 is 0 Å². The number of aliphatic hydroxyl groups is 1. The molecule has 0 radical (unpaired) electrons. The van der Waals surface area contributed by atoms with E-state index in [-0.39, 0.29) is 18.5 Å². The van der Waals surface area contributed by atoms with Gasteiger partial charge in [-0.25, -0.2) is 0 Å². The molecular formula is C22H37O3-. The molecule has 0 fully saturated rings. The molecule has 1 rings (SSSR count). The summed E-state index contributed by atoms with van der Waals surface area (Å²) in [7, 11) is 0. The normalized spacial score (nSPS) is 22.8. The van der Waals surface area contributed by atoms with Crippen molar-refractivity contribution in [2.45, 2.75) is 78.7 Å². The quantitative estimate of drug-likeness (QED) is 0.519. The van der Waals surface area contributed by atoms with Crippen molar-refractivity contribution in [2.75, 3.05) is 6.61 Å². The third-order valence-corrected chi connectivity index (χ3v) is 5.37. The number of allylic oxidation sites excluding steroid dienone is 5. The minimum atomic E-state index is -0.119. The molecule has 0 aromatic heterocycles. The fraction of sp³-hybridized carbons (Fsp3) is 0.727. The van der Waals surface area contributed by atoms with Crippen LogP contribution >= 0.6 is 0 Å². The molecule has 0 spiro atoms. The van der Waals surface area contributed by atoms with Gasteiger partial charge in [0, 0.05) is 5.92 Å². The molecule has 3 heteroatoms. The SMILES string of the molecule is C=C([O-])CCCC(C)CCCC(CO)OC1=C(CC)C=CC(C)C1C. The van der Waals surface area contributed by atoms with Crippen LogP contribution in [0, 0.1) is 17.8 Å². The molecule has 144 valence electrons. The van der Waals surface area contributed by atoms with E-state index >= 15 is 0 Å². The Hall–Kier alpha value is -1.22. The van der Waals surface area contributed by atoms with E-state index in [0.717, 1.165) is 44.3 Å². The van der Waals surface area contributed by atoms with E-state index in [9.17, 15) is 10.2 Å². The van der Waals surface area contributed by atoms with Gasteiger partial charge in [-0.15, -0.1) is 12.3 Å². The van der Waals surface area contributed by atoms with Gasteiger partial charge in [0.15, 0.2) is 0 Å². The third kappa shape index (κ3) is 7.68. The Balaban J connectivity index is 2.44. The molecule has 4 atom stereocenters. The van der Waals surface area contributed by atoms with Gasteiger partial charge < -0.3 is 14.9 Å². The van der Waals surface area contributed by atoms with Crippen molar-refractivity contribution in [1.82, 2.24) is 0 Å². The van der Waals surface area contributed by atoms with Crippen molar-refractivity contribution in [1.29, 1.82) is 0 Å². The van der Waals surface area contributed by atoms with Crippen LogP contribution in [0.15, 0.2) is 35.8 Å².